The molecule has 2 aromatic rings. The number of hydrogen-bond acceptors (Lipinski definition) is 2. The maximum Gasteiger partial charge on any atom is 0.248 e. The number of carbonyl (C=O) groups excluding carboxylic acids is 1. The van der Waals surface area contributed by atoms with Crippen molar-refractivity contribution in [1.82, 2.24) is 10.6 Å². The zero-order valence-corrected chi connectivity index (χ0v) is 14.3. The zero-order chi connectivity index (χ0) is 17.4. The zero-order valence-electron chi connectivity index (χ0n) is 13.6. The lowest BCUT2D eigenvalue weighted by Gasteiger charge is -2.12. The third kappa shape index (κ3) is 5.59. The topological polar surface area (TPSA) is 79.5 Å². The average molecular weight is 345 g/mol. The Hall–Kier alpha value is -2.53. The highest BCUT2D eigenvalue weighted by Crippen LogP contribution is 2.10. The standard InChI is InChI=1S/C18H21ClN4O/c1-21-18(22-9-8-13-4-3-7-16(19)11-13)23-12-14-5-2-6-15(10-14)17(20)24/h2-7,10-11H,8-9,12H2,1H3,(H2,20,24)(H2,21,22,23). The van der Waals surface area contributed by atoms with E-state index in [4.69, 9.17) is 17.3 Å². The van der Waals surface area contributed by atoms with Crippen LogP contribution in [0, 0.1) is 0 Å². The van der Waals surface area contributed by atoms with Gasteiger partial charge in [-0.3, -0.25) is 9.79 Å². The second kappa shape index (κ2) is 8.93. The molecule has 0 unspecified atom stereocenters. The molecule has 2 aromatic carbocycles. The number of nitrogens with one attached hydrogen (secondary N) is 2. The van der Waals surface area contributed by atoms with Crippen molar-refractivity contribution in [1.29, 1.82) is 0 Å². The highest BCUT2D eigenvalue weighted by Gasteiger charge is 2.03. The third-order valence-electron chi connectivity index (χ3n) is 3.49. The van der Waals surface area contributed by atoms with Gasteiger partial charge in [0.1, 0.15) is 0 Å². The molecule has 0 aromatic heterocycles. The van der Waals surface area contributed by atoms with Gasteiger partial charge in [-0.05, 0) is 41.8 Å². The van der Waals surface area contributed by atoms with Gasteiger partial charge in [-0.1, -0.05) is 35.9 Å². The number of nitrogens with two attached hydrogens (primary N) is 1. The molecule has 2 rings (SSSR count). The van der Waals surface area contributed by atoms with Crippen molar-refractivity contribution in [3.05, 3.63) is 70.2 Å². The summed E-state index contributed by atoms with van der Waals surface area (Å²) in [6.45, 7) is 1.29. The first-order valence-corrected chi connectivity index (χ1v) is 8.04. The Morgan fingerprint density at radius 3 is 2.58 bits per heavy atom. The van der Waals surface area contributed by atoms with E-state index in [-0.39, 0.29) is 0 Å². The van der Waals surface area contributed by atoms with E-state index in [1.54, 1.807) is 19.2 Å². The van der Waals surface area contributed by atoms with Gasteiger partial charge in [-0.2, -0.15) is 0 Å². The summed E-state index contributed by atoms with van der Waals surface area (Å²) in [6.07, 6.45) is 0.846. The lowest BCUT2D eigenvalue weighted by Crippen LogP contribution is -2.37. The largest absolute Gasteiger partial charge is 0.366 e. The summed E-state index contributed by atoms with van der Waals surface area (Å²) in [5.74, 6) is 0.266. The van der Waals surface area contributed by atoms with Crippen LogP contribution in [0.2, 0.25) is 5.02 Å². The Kier molecular flexibility index (Phi) is 6.63. The second-order valence-electron chi connectivity index (χ2n) is 5.30. The van der Waals surface area contributed by atoms with Crippen LogP contribution in [0.25, 0.3) is 0 Å². The number of hydrogen-bond donors (Lipinski definition) is 3. The summed E-state index contributed by atoms with van der Waals surface area (Å²) in [6, 6.07) is 15.0. The van der Waals surface area contributed by atoms with Gasteiger partial charge >= 0.3 is 0 Å². The number of aliphatic imine (C=N–C) groups is 1. The SMILES string of the molecule is CN=C(NCCc1cccc(Cl)c1)NCc1cccc(C(N)=O)c1. The summed E-state index contributed by atoms with van der Waals surface area (Å²) < 4.78 is 0. The molecule has 0 atom stereocenters. The Balaban J connectivity index is 1.82. The highest BCUT2D eigenvalue weighted by atomic mass is 35.5. The number of nitrogens with zero attached hydrogens (tertiary/aromatic N) is 1. The third-order valence-corrected chi connectivity index (χ3v) is 3.73. The maximum atomic E-state index is 11.2. The van der Waals surface area contributed by atoms with Gasteiger partial charge in [0, 0.05) is 30.7 Å². The van der Waals surface area contributed by atoms with Crippen LogP contribution in [0.15, 0.2) is 53.5 Å². The number of rotatable bonds is 6. The van der Waals surface area contributed by atoms with Crippen LogP contribution >= 0.6 is 11.6 Å². The van der Waals surface area contributed by atoms with Gasteiger partial charge in [0.15, 0.2) is 5.96 Å². The first-order chi connectivity index (χ1) is 11.6. The number of carbonyl (C=O) groups is 1. The summed E-state index contributed by atoms with van der Waals surface area (Å²) >= 11 is 5.98. The first kappa shape index (κ1) is 17.8. The van der Waals surface area contributed by atoms with Crippen LogP contribution in [-0.4, -0.2) is 25.5 Å². The molecule has 0 aliphatic carbocycles. The van der Waals surface area contributed by atoms with E-state index in [1.807, 2.05) is 36.4 Å². The molecule has 0 aliphatic rings. The van der Waals surface area contributed by atoms with Crippen LogP contribution in [0.4, 0.5) is 0 Å². The minimum Gasteiger partial charge on any atom is -0.366 e. The molecule has 0 aliphatic heterocycles. The summed E-state index contributed by atoms with van der Waals surface area (Å²) in [7, 11) is 1.72. The van der Waals surface area contributed by atoms with Gasteiger partial charge in [-0.15, -0.1) is 0 Å². The van der Waals surface area contributed by atoms with Crippen molar-refractivity contribution in [3.8, 4) is 0 Å². The van der Waals surface area contributed by atoms with Crippen LogP contribution in [0.3, 0.4) is 0 Å². The Bertz CT molecular complexity index is 730. The van der Waals surface area contributed by atoms with E-state index in [2.05, 4.69) is 15.6 Å². The van der Waals surface area contributed by atoms with E-state index in [9.17, 15) is 4.79 Å². The fourth-order valence-corrected chi connectivity index (χ4v) is 2.47. The predicted molar refractivity (Wildman–Crippen MR) is 98.3 cm³/mol. The van der Waals surface area contributed by atoms with Crippen LogP contribution in [0.5, 0.6) is 0 Å². The predicted octanol–water partition coefficient (Wildman–Crippen LogP) is 2.35. The normalized spacial score (nSPS) is 11.2. The van der Waals surface area contributed by atoms with E-state index in [1.165, 1.54) is 5.56 Å². The molecule has 0 bridgehead atoms. The molecule has 0 radical (unpaired) electrons. The van der Waals surface area contributed by atoms with Crippen molar-refractivity contribution in [2.75, 3.05) is 13.6 Å². The van der Waals surface area contributed by atoms with E-state index in [0.717, 1.165) is 23.6 Å². The molecule has 0 spiro atoms. The minimum absolute atomic E-state index is 0.430. The summed E-state index contributed by atoms with van der Waals surface area (Å²) in [5.41, 5.74) is 7.92. The molecular weight excluding hydrogens is 324 g/mol. The molecule has 24 heavy (non-hydrogen) atoms. The van der Waals surface area contributed by atoms with Crippen LogP contribution in [-0.2, 0) is 13.0 Å². The minimum atomic E-state index is -0.430. The molecular formula is C18H21ClN4O. The fourth-order valence-electron chi connectivity index (χ4n) is 2.26. The fraction of sp³-hybridized carbons (Fsp3) is 0.222. The molecule has 0 fully saturated rings. The molecule has 4 N–H and O–H groups in total. The highest BCUT2D eigenvalue weighted by molar-refractivity contribution is 6.30. The monoisotopic (exact) mass is 344 g/mol. The van der Waals surface area contributed by atoms with Gasteiger partial charge in [0.2, 0.25) is 5.91 Å². The quantitative estimate of drug-likeness (QED) is 0.556. The molecule has 1 amide bonds. The number of primary amides is 1. The van der Waals surface area contributed by atoms with Gasteiger partial charge < -0.3 is 16.4 Å². The molecule has 126 valence electrons. The smallest absolute Gasteiger partial charge is 0.248 e. The number of halogens is 1. The van der Waals surface area contributed by atoms with E-state index in [0.29, 0.717) is 18.1 Å². The number of amides is 1. The van der Waals surface area contributed by atoms with Crippen molar-refractivity contribution in [2.45, 2.75) is 13.0 Å². The number of guanidine groups is 1. The molecule has 0 saturated heterocycles. The second-order valence-corrected chi connectivity index (χ2v) is 5.73. The molecule has 0 saturated carbocycles. The Morgan fingerprint density at radius 2 is 1.88 bits per heavy atom. The lowest BCUT2D eigenvalue weighted by atomic mass is 10.1. The van der Waals surface area contributed by atoms with Crippen molar-refractivity contribution in [2.24, 2.45) is 10.7 Å². The van der Waals surface area contributed by atoms with E-state index >= 15 is 0 Å². The van der Waals surface area contributed by atoms with Crippen molar-refractivity contribution in [3.63, 3.8) is 0 Å². The Labute approximate surface area is 146 Å². The summed E-state index contributed by atoms with van der Waals surface area (Å²) in [4.78, 5) is 15.4. The average Bonchev–Trinajstić information content (AvgIpc) is 2.58. The number of benzene rings is 2. The van der Waals surface area contributed by atoms with Gasteiger partial charge in [-0.25, -0.2) is 0 Å². The molecule has 5 nitrogen and oxygen atoms in total. The lowest BCUT2D eigenvalue weighted by molar-refractivity contribution is 0.1000. The van der Waals surface area contributed by atoms with E-state index < -0.39 is 5.91 Å². The van der Waals surface area contributed by atoms with Gasteiger partial charge in [0.25, 0.3) is 0 Å². The molecule has 6 heteroatoms. The Morgan fingerprint density at radius 1 is 1.12 bits per heavy atom. The summed E-state index contributed by atoms with van der Waals surface area (Å²) in [5, 5.41) is 7.20. The van der Waals surface area contributed by atoms with Crippen molar-refractivity contribution < 1.29 is 4.79 Å². The van der Waals surface area contributed by atoms with Gasteiger partial charge in [0.05, 0.1) is 0 Å². The van der Waals surface area contributed by atoms with Crippen LogP contribution in [0.1, 0.15) is 21.5 Å². The first-order valence-electron chi connectivity index (χ1n) is 7.66. The van der Waals surface area contributed by atoms with Crippen molar-refractivity contribution >= 4 is 23.5 Å². The van der Waals surface area contributed by atoms with Crippen LogP contribution < -0.4 is 16.4 Å². The molecule has 0 heterocycles. The maximum absolute atomic E-state index is 11.2.